The van der Waals surface area contributed by atoms with Gasteiger partial charge in [0.1, 0.15) is 28.8 Å². The van der Waals surface area contributed by atoms with Crippen LogP contribution in [0.5, 0.6) is 5.75 Å². The molecule has 1 N–H and O–H groups in total. The monoisotopic (exact) mass is 395 g/mol. The summed E-state index contributed by atoms with van der Waals surface area (Å²) in [5.41, 5.74) is 2.33. The lowest BCUT2D eigenvalue weighted by Crippen LogP contribution is -2.08. The number of anilines is 1. The third-order valence-electron chi connectivity index (χ3n) is 3.81. The Morgan fingerprint density at radius 2 is 1.93 bits per heavy atom. The molecule has 3 rings (SSSR count). The molecular formula is C17H17N9OS. The van der Waals surface area contributed by atoms with Crippen molar-refractivity contribution in [2.24, 2.45) is 27.5 Å². The Hall–Kier alpha value is -3.65. The predicted octanol–water partition coefficient (Wildman–Crippen LogP) is 4.66. The zero-order valence-electron chi connectivity index (χ0n) is 15.7. The summed E-state index contributed by atoms with van der Waals surface area (Å²) in [6.45, 7) is 1.73. The van der Waals surface area contributed by atoms with E-state index in [0.29, 0.717) is 33.5 Å². The first-order valence-electron chi connectivity index (χ1n) is 8.13. The van der Waals surface area contributed by atoms with Crippen LogP contribution in [0.4, 0.5) is 27.9 Å². The molecule has 0 saturated heterocycles. The van der Waals surface area contributed by atoms with Gasteiger partial charge < -0.3 is 10.0 Å². The topological polar surface area (TPSA) is 127 Å². The summed E-state index contributed by atoms with van der Waals surface area (Å²) in [6, 6.07) is 6.90. The van der Waals surface area contributed by atoms with Crippen molar-refractivity contribution >= 4 is 39.4 Å². The molecule has 0 fully saturated rings. The van der Waals surface area contributed by atoms with Crippen LogP contribution in [-0.4, -0.2) is 33.4 Å². The van der Waals surface area contributed by atoms with Gasteiger partial charge in [-0.05, 0) is 24.5 Å². The SMILES string of the molecule is Cc1nsc(N=Nc2cc(N=Nc3ccnn3C)c(N(C)C)cc2O)c1C#N. The molecule has 2 heterocycles. The second-order valence-electron chi connectivity index (χ2n) is 6.00. The molecule has 0 unspecified atom stereocenters. The van der Waals surface area contributed by atoms with Crippen molar-refractivity contribution in [1.82, 2.24) is 14.2 Å². The molecule has 142 valence electrons. The van der Waals surface area contributed by atoms with Crippen molar-refractivity contribution in [1.29, 1.82) is 5.26 Å². The van der Waals surface area contributed by atoms with Crippen molar-refractivity contribution in [3.63, 3.8) is 0 Å². The molecule has 1 aromatic carbocycles. The fraction of sp³-hybridized carbons (Fsp3) is 0.235. The number of aryl methyl sites for hydroxylation is 2. The molecule has 3 aromatic rings. The average Bonchev–Trinajstić information content (AvgIpc) is 3.23. The Balaban J connectivity index is 2.00. The summed E-state index contributed by atoms with van der Waals surface area (Å²) < 4.78 is 5.69. The number of nitrogens with zero attached hydrogens (tertiary/aromatic N) is 9. The fourth-order valence-electron chi connectivity index (χ4n) is 2.30. The van der Waals surface area contributed by atoms with E-state index in [-0.39, 0.29) is 11.4 Å². The van der Waals surface area contributed by atoms with E-state index < -0.39 is 0 Å². The average molecular weight is 395 g/mol. The molecule has 0 amide bonds. The van der Waals surface area contributed by atoms with Crippen molar-refractivity contribution in [2.75, 3.05) is 19.0 Å². The molecule has 0 spiro atoms. The van der Waals surface area contributed by atoms with Crippen molar-refractivity contribution < 1.29 is 5.11 Å². The number of nitriles is 1. The standard InChI is InChI=1S/C17H17N9OS/c1-10-11(9-18)17(28-24-10)23-21-13-7-12(14(25(2)3)8-15(13)27)20-22-16-5-6-19-26(16)4/h5-8,27H,1-4H3. The number of aromatic nitrogens is 3. The molecule has 0 saturated carbocycles. The summed E-state index contributed by atoms with van der Waals surface area (Å²) >= 11 is 1.07. The third kappa shape index (κ3) is 3.86. The first kappa shape index (κ1) is 19.1. The zero-order chi connectivity index (χ0) is 20.3. The maximum atomic E-state index is 10.3. The Kier molecular flexibility index (Phi) is 5.42. The number of rotatable bonds is 5. The maximum absolute atomic E-state index is 10.3. The van der Waals surface area contributed by atoms with Crippen LogP contribution in [0.15, 0.2) is 44.9 Å². The molecule has 0 radical (unpaired) electrons. The fourth-order valence-corrected chi connectivity index (χ4v) is 2.97. The first-order valence-corrected chi connectivity index (χ1v) is 8.90. The van der Waals surface area contributed by atoms with Crippen LogP contribution in [0, 0.1) is 18.3 Å². The number of phenolic OH excluding ortho intramolecular Hbond substituents is 1. The molecule has 2 aromatic heterocycles. The zero-order valence-corrected chi connectivity index (χ0v) is 16.5. The second kappa shape index (κ2) is 7.93. The van der Waals surface area contributed by atoms with Crippen molar-refractivity contribution in [3.8, 4) is 11.8 Å². The highest BCUT2D eigenvalue weighted by atomic mass is 32.1. The van der Waals surface area contributed by atoms with Crippen molar-refractivity contribution in [3.05, 3.63) is 35.7 Å². The van der Waals surface area contributed by atoms with Gasteiger partial charge in [-0.25, -0.2) is 4.68 Å². The van der Waals surface area contributed by atoms with Crippen LogP contribution in [0.25, 0.3) is 0 Å². The van der Waals surface area contributed by atoms with Crippen molar-refractivity contribution in [2.45, 2.75) is 6.92 Å². The summed E-state index contributed by atoms with van der Waals surface area (Å²) in [7, 11) is 5.43. The Morgan fingerprint density at radius 3 is 2.57 bits per heavy atom. The number of aromatic hydroxyl groups is 1. The van der Waals surface area contributed by atoms with Crippen LogP contribution in [0.1, 0.15) is 11.3 Å². The molecule has 10 nitrogen and oxygen atoms in total. The molecule has 0 aliphatic carbocycles. The van der Waals surface area contributed by atoms with Gasteiger partial charge in [-0.1, -0.05) is 0 Å². The summed E-state index contributed by atoms with van der Waals surface area (Å²) in [5, 5.41) is 40.6. The highest BCUT2D eigenvalue weighted by molar-refractivity contribution is 7.10. The highest BCUT2D eigenvalue weighted by Gasteiger charge is 2.13. The van der Waals surface area contributed by atoms with E-state index in [4.69, 9.17) is 0 Å². The summed E-state index contributed by atoms with van der Waals surface area (Å²) in [5.74, 6) is 0.520. The van der Waals surface area contributed by atoms with Gasteiger partial charge in [0.05, 0.1) is 17.6 Å². The van der Waals surface area contributed by atoms with E-state index in [1.165, 1.54) is 6.07 Å². The molecule has 0 aliphatic rings. The van der Waals surface area contributed by atoms with Gasteiger partial charge in [0.15, 0.2) is 10.8 Å². The van der Waals surface area contributed by atoms with Crippen LogP contribution in [0.2, 0.25) is 0 Å². The van der Waals surface area contributed by atoms with E-state index in [1.54, 1.807) is 41.9 Å². The Bertz CT molecular complexity index is 1100. The minimum absolute atomic E-state index is 0.0633. The lowest BCUT2D eigenvalue weighted by Gasteiger charge is -2.15. The number of phenols is 1. The number of benzene rings is 1. The molecule has 0 bridgehead atoms. The van der Waals surface area contributed by atoms with Gasteiger partial charge in [0, 0.05) is 33.3 Å². The molecular weight excluding hydrogens is 378 g/mol. The van der Waals surface area contributed by atoms with Crippen LogP contribution in [0.3, 0.4) is 0 Å². The lowest BCUT2D eigenvalue weighted by molar-refractivity contribution is 0.476. The smallest absolute Gasteiger partial charge is 0.176 e. The quantitative estimate of drug-likeness (QED) is 0.628. The minimum Gasteiger partial charge on any atom is -0.506 e. The number of azo groups is 2. The first-order chi connectivity index (χ1) is 13.4. The normalized spacial score (nSPS) is 11.4. The van der Waals surface area contributed by atoms with Gasteiger partial charge in [-0.15, -0.1) is 20.5 Å². The molecule has 0 aliphatic heterocycles. The van der Waals surface area contributed by atoms with Gasteiger partial charge in [-0.3, -0.25) is 0 Å². The van der Waals surface area contributed by atoms with Crippen LogP contribution < -0.4 is 4.90 Å². The van der Waals surface area contributed by atoms with E-state index in [2.05, 4.69) is 36.0 Å². The Morgan fingerprint density at radius 1 is 1.18 bits per heavy atom. The van der Waals surface area contributed by atoms with E-state index in [1.807, 2.05) is 14.1 Å². The van der Waals surface area contributed by atoms with Gasteiger partial charge in [0.2, 0.25) is 0 Å². The minimum atomic E-state index is -0.0633. The highest BCUT2D eigenvalue weighted by Crippen LogP contribution is 2.40. The van der Waals surface area contributed by atoms with Crippen LogP contribution in [-0.2, 0) is 7.05 Å². The van der Waals surface area contributed by atoms with E-state index in [9.17, 15) is 10.4 Å². The molecule has 0 atom stereocenters. The summed E-state index contributed by atoms with van der Waals surface area (Å²) in [4.78, 5) is 1.80. The van der Waals surface area contributed by atoms with Gasteiger partial charge >= 0.3 is 0 Å². The maximum Gasteiger partial charge on any atom is 0.176 e. The lowest BCUT2D eigenvalue weighted by atomic mass is 10.2. The van der Waals surface area contributed by atoms with E-state index >= 15 is 0 Å². The summed E-state index contributed by atoms with van der Waals surface area (Å²) in [6.07, 6.45) is 1.63. The molecule has 28 heavy (non-hydrogen) atoms. The van der Waals surface area contributed by atoms with Crippen LogP contribution >= 0.6 is 11.5 Å². The van der Waals surface area contributed by atoms with Gasteiger partial charge in [0.25, 0.3) is 0 Å². The largest absolute Gasteiger partial charge is 0.506 e. The molecule has 11 heteroatoms. The number of hydrogen-bond acceptors (Lipinski definition) is 10. The Labute approximate surface area is 165 Å². The second-order valence-corrected chi connectivity index (χ2v) is 6.75. The third-order valence-corrected chi connectivity index (χ3v) is 4.64. The van der Waals surface area contributed by atoms with E-state index in [0.717, 1.165) is 11.5 Å². The predicted molar refractivity (Wildman–Crippen MR) is 106 cm³/mol. The number of hydrogen-bond donors (Lipinski definition) is 1. The van der Waals surface area contributed by atoms with Gasteiger partial charge in [-0.2, -0.15) is 14.7 Å².